The number of aryl methyl sites for hydroxylation is 1. The smallest absolute Gasteiger partial charge is 0.281 e. The molecule has 1 saturated heterocycles. The fourth-order valence-electron chi connectivity index (χ4n) is 6.76. The summed E-state index contributed by atoms with van der Waals surface area (Å²) in [6.45, 7) is 5.06. The van der Waals surface area contributed by atoms with E-state index in [1.807, 2.05) is 30.5 Å². The van der Waals surface area contributed by atoms with E-state index >= 15 is 0 Å². The van der Waals surface area contributed by atoms with Crippen molar-refractivity contribution in [3.63, 3.8) is 0 Å². The number of fused-ring (bicyclic) bond motifs is 1. The van der Waals surface area contributed by atoms with Gasteiger partial charge in [0.15, 0.2) is 0 Å². The Bertz CT molecular complexity index is 1610. The van der Waals surface area contributed by atoms with Crippen LogP contribution in [0.4, 0.5) is 8.78 Å². The third kappa shape index (κ3) is 4.20. The molecule has 0 unspecified atom stereocenters. The van der Waals surface area contributed by atoms with Gasteiger partial charge in [0.25, 0.3) is 11.5 Å². The van der Waals surface area contributed by atoms with Crippen LogP contribution < -0.4 is 5.56 Å². The molecule has 2 saturated carbocycles. The summed E-state index contributed by atoms with van der Waals surface area (Å²) in [6, 6.07) is 7.41. The normalized spacial score (nSPS) is 22.7. The number of aromatic nitrogens is 6. The molecule has 3 aromatic heterocycles. The second-order valence-electron chi connectivity index (χ2n) is 12.0. The largest absolute Gasteiger partial charge is 0.336 e. The van der Waals surface area contributed by atoms with Gasteiger partial charge in [0.05, 0.1) is 17.5 Å². The van der Waals surface area contributed by atoms with Crippen molar-refractivity contribution in [2.24, 2.45) is 13.0 Å². The van der Waals surface area contributed by atoms with Crippen molar-refractivity contribution in [2.75, 3.05) is 13.1 Å². The quantitative estimate of drug-likeness (QED) is 0.390. The lowest BCUT2D eigenvalue weighted by molar-refractivity contribution is -0.116. The van der Waals surface area contributed by atoms with E-state index in [-0.39, 0.29) is 18.4 Å². The average Bonchev–Trinajstić information content (AvgIpc) is 3.50. The van der Waals surface area contributed by atoms with Crippen LogP contribution in [-0.2, 0) is 19.0 Å². The van der Waals surface area contributed by atoms with Crippen LogP contribution in [0.2, 0.25) is 0 Å². The van der Waals surface area contributed by atoms with Gasteiger partial charge in [0, 0.05) is 43.9 Å². The van der Waals surface area contributed by atoms with Crippen molar-refractivity contribution < 1.29 is 8.78 Å². The number of halogens is 2. The van der Waals surface area contributed by atoms with Crippen LogP contribution in [0.3, 0.4) is 0 Å². The second kappa shape index (κ2) is 8.81. The van der Waals surface area contributed by atoms with E-state index in [1.165, 1.54) is 19.2 Å². The molecule has 10 heteroatoms. The van der Waals surface area contributed by atoms with E-state index in [2.05, 4.69) is 27.0 Å². The molecule has 4 aromatic rings. The number of benzene rings is 1. The fourth-order valence-corrected chi connectivity index (χ4v) is 6.76. The summed E-state index contributed by atoms with van der Waals surface area (Å²) in [4.78, 5) is 24.5. The molecule has 204 valence electrons. The topological polar surface area (TPSA) is 84.6 Å². The van der Waals surface area contributed by atoms with E-state index < -0.39 is 11.3 Å². The first-order valence-corrected chi connectivity index (χ1v) is 13.9. The summed E-state index contributed by atoms with van der Waals surface area (Å²) >= 11 is 0. The number of nitrogens with one attached hydrogen (secondary N) is 1. The van der Waals surface area contributed by atoms with Gasteiger partial charge in [-0.05, 0) is 61.8 Å². The lowest BCUT2D eigenvalue weighted by Crippen LogP contribution is -2.51. The minimum Gasteiger partial charge on any atom is -0.336 e. The Morgan fingerprint density at radius 3 is 2.69 bits per heavy atom. The summed E-state index contributed by atoms with van der Waals surface area (Å²) in [5, 5.41) is 8.16. The van der Waals surface area contributed by atoms with E-state index in [9.17, 15) is 13.6 Å². The SMILES string of the molecule is C[C@H]1CCCN(Cc2nc3c(C4CC4)cn(-c4cccc(C5(c6nncn6C)CC(F)(F)C5)c4)c(=O)c3[nH]2)C1. The molecule has 3 fully saturated rings. The summed E-state index contributed by atoms with van der Waals surface area (Å²) in [7, 11) is 1.78. The van der Waals surface area contributed by atoms with Crippen molar-refractivity contribution in [2.45, 2.75) is 69.2 Å². The predicted molar refractivity (Wildman–Crippen MR) is 143 cm³/mol. The molecule has 0 spiro atoms. The number of hydrogen-bond donors (Lipinski definition) is 1. The molecule has 7 rings (SSSR count). The van der Waals surface area contributed by atoms with Gasteiger partial charge in [0.1, 0.15) is 23.5 Å². The molecule has 8 nitrogen and oxygen atoms in total. The van der Waals surface area contributed by atoms with E-state index in [0.717, 1.165) is 42.8 Å². The number of rotatable bonds is 6. The highest BCUT2D eigenvalue weighted by atomic mass is 19.3. The zero-order chi connectivity index (χ0) is 26.9. The first-order chi connectivity index (χ1) is 18.7. The Balaban J connectivity index is 1.30. The average molecular weight is 534 g/mol. The maximum absolute atomic E-state index is 14.3. The number of piperidine rings is 1. The van der Waals surface area contributed by atoms with Gasteiger partial charge < -0.3 is 9.55 Å². The van der Waals surface area contributed by atoms with Gasteiger partial charge in [-0.3, -0.25) is 14.3 Å². The minimum absolute atomic E-state index is 0.177. The number of alkyl halides is 2. The van der Waals surface area contributed by atoms with E-state index in [0.29, 0.717) is 41.0 Å². The molecule has 1 aliphatic heterocycles. The lowest BCUT2D eigenvalue weighted by atomic mass is 9.61. The molecular weight excluding hydrogens is 500 g/mol. The Labute approximate surface area is 225 Å². The fraction of sp³-hybridized carbons (Fsp3) is 0.517. The maximum atomic E-state index is 14.3. The Hall–Kier alpha value is -3.40. The van der Waals surface area contributed by atoms with Crippen molar-refractivity contribution in [1.82, 2.24) is 34.2 Å². The Morgan fingerprint density at radius 2 is 2.00 bits per heavy atom. The number of likely N-dealkylation sites (tertiary alicyclic amines) is 1. The maximum Gasteiger partial charge on any atom is 0.281 e. The minimum atomic E-state index is -2.77. The lowest BCUT2D eigenvalue weighted by Gasteiger charge is -2.46. The van der Waals surface area contributed by atoms with Gasteiger partial charge >= 0.3 is 0 Å². The molecule has 0 bridgehead atoms. The number of aromatic amines is 1. The van der Waals surface area contributed by atoms with Crippen LogP contribution >= 0.6 is 0 Å². The molecule has 39 heavy (non-hydrogen) atoms. The van der Waals surface area contributed by atoms with Gasteiger partial charge in [-0.1, -0.05) is 19.1 Å². The van der Waals surface area contributed by atoms with Gasteiger partial charge in [-0.25, -0.2) is 13.8 Å². The molecule has 3 aliphatic rings. The number of hydrogen-bond acceptors (Lipinski definition) is 5. The highest BCUT2D eigenvalue weighted by molar-refractivity contribution is 5.79. The van der Waals surface area contributed by atoms with E-state index in [4.69, 9.17) is 4.98 Å². The van der Waals surface area contributed by atoms with Crippen LogP contribution in [-0.4, -0.2) is 53.2 Å². The molecule has 2 aliphatic carbocycles. The first kappa shape index (κ1) is 24.6. The molecule has 1 atom stereocenters. The summed E-state index contributed by atoms with van der Waals surface area (Å²) < 4.78 is 32.0. The highest BCUT2D eigenvalue weighted by Gasteiger charge is 2.60. The number of pyridine rings is 1. The van der Waals surface area contributed by atoms with Gasteiger partial charge in [-0.15, -0.1) is 10.2 Å². The molecule has 4 heterocycles. The third-order valence-corrected chi connectivity index (χ3v) is 8.80. The molecule has 1 aromatic carbocycles. The summed E-state index contributed by atoms with van der Waals surface area (Å²) in [5.74, 6) is -0.395. The van der Waals surface area contributed by atoms with Crippen LogP contribution in [0.5, 0.6) is 0 Å². The van der Waals surface area contributed by atoms with E-state index in [1.54, 1.807) is 16.2 Å². The Morgan fingerprint density at radius 1 is 1.18 bits per heavy atom. The molecular formula is C29H33F2N7O. The highest BCUT2D eigenvalue weighted by Crippen LogP contribution is 2.56. The summed E-state index contributed by atoms with van der Waals surface area (Å²) in [6.07, 6.45) is 7.36. The van der Waals surface area contributed by atoms with Crippen LogP contribution in [0.25, 0.3) is 16.7 Å². The first-order valence-electron chi connectivity index (χ1n) is 13.9. The Kier molecular flexibility index (Phi) is 5.56. The van der Waals surface area contributed by atoms with Gasteiger partial charge in [-0.2, -0.15) is 0 Å². The van der Waals surface area contributed by atoms with Crippen LogP contribution in [0.15, 0.2) is 41.6 Å². The van der Waals surface area contributed by atoms with Crippen LogP contribution in [0, 0.1) is 5.92 Å². The van der Waals surface area contributed by atoms with Crippen molar-refractivity contribution in [3.05, 3.63) is 69.9 Å². The molecule has 0 radical (unpaired) electrons. The van der Waals surface area contributed by atoms with Crippen molar-refractivity contribution in [1.29, 1.82) is 0 Å². The standard InChI is InChI=1S/C29H33F2N7O/c1-18-5-4-10-37(12-18)14-23-33-24-22(19-8-9-19)13-38(26(39)25(24)34-23)21-7-3-6-20(11-21)28(15-29(30,31)16-28)27-35-32-17-36(27)2/h3,6-7,11,13,17-19H,4-5,8-10,12,14-16H2,1-2H3,(H,33,34)/t18-/m0/s1. The third-order valence-electron chi connectivity index (χ3n) is 8.80. The predicted octanol–water partition coefficient (Wildman–Crippen LogP) is 4.67. The van der Waals surface area contributed by atoms with Crippen molar-refractivity contribution >= 4 is 11.0 Å². The monoisotopic (exact) mass is 533 g/mol. The van der Waals surface area contributed by atoms with Crippen molar-refractivity contribution in [3.8, 4) is 5.69 Å². The molecule has 1 N–H and O–H groups in total. The number of imidazole rings is 1. The summed E-state index contributed by atoms with van der Waals surface area (Å²) in [5.41, 5.74) is 2.59. The van der Waals surface area contributed by atoms with Crippen LogP contribution in [0.1, 0.15) is 74.1 Å². The molecule has 0 amide bonds. The zero-order valence-corrected chi connectivity index (χ0v) is 22.3. The van der Waals surface area contributed by atoms with Gasteiger partial charge in [0.2, 0.25) is 0 Å². The zero-order valence-electron chi connectivity index (χ0n) is 22.3. The second-order valence-corrected chi connectivity index (χ2v) is 12.0. The number of nitrogens with zero attached hydrogens (tertiary/aromatic N) is 6. The number of H-pyrrole nitrogens is 1.